The predicted octanol–water partition coefficient (Wildman–Crippen LogP) is 3.12. The summed E-state index contributed by atoms with van der Waals surface area (Å²) in [5, 5.41) is 10.1. The number of fused-ring (bicyclic) bond motifs is 1. The fraction of sp³-hybridized carbons (Fsp3) is 0.150. The molecule has 0 bridgehead atoms. The van der Waals surface area contributed by atoms with Gasteiger partial charge in [-0.25, -0.2) is 4.98 Å². The molecule has 0 spiro atoms. The first-order chi connectivity index (χ1) is 12.5. The van der Waals surface area contributed by atoms with Gasteiger partial charge in [-0.1, -0.05) is 18.2 Å². The summed E-state index contributed by atoms with van der Waals surface area (Å²) < 4.78 is 2.09. The minimum absolute atomic E-state index is 0. The van der Waals surface area contributed by atoms with Crippen LogP contribution in [0.5, 0.6) is 0 Å². The Hall–Kier alpha value is -3.30. The van der Waals surface area contributed by atoms with E-state index in [4.69, 9.17) is 11.0 Å². The van der Waals surface area contributed by atoms with Crippen LogP contribution < -0.4 is 5.73 Å². The number of carbonyl (C=O) groups is 1. The van der Waals surface area contributed by atoms with Crippen molar-refractivity contribution < 1.29 is 4.79 Å². The molecule has 0 saturated carbocycles. The summed E-state index contributed by atoms with van der Waals surface area (Å²) in [6, 6.07) is 13.8. The highest BCUT2D eigenvalue weighted by atomic mass is 35.5. The summed E-state index contributed by atoms with van der Waals surface area (Å²) in [4.78, 5) is 18.0. The monoisotopic (exact) mass is 381 g/mol. The largest absolute Gasteiger partial charge is 0.383 e. The van der Waals surface area contributed by atoms with Crippen LogP contribution in [0.2, 0.25) is 0 Å². The van der Waals surface area contributed by atoms with Gasteiger partial charge in [0, 0.05) is 37.6 Å². The third-order valence-electron chi connectivity index (χ3n) is 4.30. The van der Waals surface area contributed by atoms with Crippen LogP contribution in [0, 0.1) is 11.3 Å². The number of halogens is 1. The lowest BCUT2D eigenvalue weighted by Crippen LogP contribution is -2.25. The molecule has 0 atom stereocenters. The van der Waals surface area contributed by atoms with Gasteiger partial charge in [0.1, 0.15) is 11.9 Å². The molecule has 2 N–H and O–H groups in total. The Bertz CT molecular complexity index is 1050. The molecule has 0 saturated heterocycles. The molecule has 0 aliphatic carbocycles. The number of aryl methyl sites for hydroxylation is 1. The van der Waals surface area contributed by atoms with Gasteiger partial charge in [0.25, 0.3) is 0 Å². The van der Waals surface area contributed by atoms with Crippen LogP contribution in [0.15, 0.2) is 48.7 Å². The normalized spacial score (nSPS) is 10.6. The number of hydrogen-bond acceptors (Lipinski definition) is 4. The highest BCUT2D eigenvalue weighted by molar-refractivity contribution is 5.91. The third kappa shape index (κ3) is 4.27. The Morgan fingerprint density at radius 1 is 1.37 bits per heavy atom. The molecule has 7 heteroatoms. The maximum Gasteiger partial charge on any atom is 0.246 e. The zero-order valence-electron chi connectivity index (χ0n) is 15.1. The molecule has 1 aromatic carbocycles. The Kier molecular flexibility index (Phi) is 6.22. The van der Waals surface area contributed by atoms with Crippen molar-refractivity contribution >= 4 is 41.1 Å². The predicted molar refractivity (Wildman–Crippen MR) is 109 cm³/mol. The molecule has 0 fully saturated rings. The van der Waals surface area contributed by atoms with Crippen LogP contribution in [0.25, 0.3) is 17.0 Å². The third-order valence-corrected chi connectivity index (χ3v) is 4.30. The number of benzene rings is 1. The molecule has 27 heavy (non-hydrogen) atoms. The van der Waals surface area contributed by atoms with Gasteiger partial charge in [-0.15, -0.1) is 12.4 Å². The Labute approximate surface area is 163 Å². The van der Waals surface area contributed by atoms with Crippen LogP contribution >= 0.6 is 12.4 Å². The van der Waals surface area contributed by atoms with Crippen molar-refractivity contribution in [3.05, 3.63) is 65.5 Å². The molecule has 2 aromatic heterocycles. The molecule has 0 aliphatic rings. The van der Waals surface area contributed by atoms with Crippen molar-refractivity contribution in [3.8, 4) is 6.07 Å². The van der Waals surface area contributed by atoms with Gasteiger partial charge in [0.05, 0.1) is 12.1 Å². The van der Waals surface area contributed by atoms with E-state index in [1.165, 1.54) is 12.3 Å². The van der Waals surface area contributed by atoms with Gasteiger partial charge in [-0.2, -0.15) is 5.26 Å². The first kappa shape index (κ1) is 20.0. The molecule has 2 heterocycles. The number of rotatable bonds is 4. The molecule has 6 nitrogen and oxygen atoms in total. The van der Waals surface area contributed by atoms with Gasteiger partial charge in [0.15, 0.2) is 0 Å². The van der Waals surface area contributed by atoms with Crippen LogP contribution in [0.4, 0.5) is 5.82 Å². The number of para-hydroxylation sites is 1. The highest BCUT2D eigenvalue weighted by Gasteiger charge is 2.11. The van der Waals surface area contributed by atoms with Crippen LogP contribution in [0.3, 0.4) is 0 Å². The Morgan fingerprint density at radius 2 is 2.11 bits per heavy atom. The number of carbonyl (C=O) groups excluding carboxylic acids is 1. The summed E-state index contributed by atoms with van der Waals surface area (Å²) in [7, 11) is 3.75. The second-order valence-electron chi connectivity index (χ2n) is 6.09. The van der Waals surface area contributed by atoms with Gasteiger partial charge >= 0.3 is 0 Å². The van der Waals surface area contributed by atoms with E-state index in [-0.39, 0.29) is 24.1 Å². The first-order valence-corrected chi connectivity index (χ1v) is 8.11. The number of hydrogen-bond donors (Lipinski definition) is 1. The number of pyridine rings is 1. The minimum Gasteiger partial charge on any atom is -0.383 e. The molecule has 138 valence electrons. The summed E-state index contributed by atoms with van der Waals surface area (Å²) in [5.41, 5.74) is 8.74. The van der Waals surface area contributed by atoms with Gasteiger partial charge in [-0.3, -0.25) is 4.79 Å². The molecular weight excluding hydrogens is 362 g/mol. The van der Waals surface area contributed by atoms with E-state index >= 15 is 0 Å². The number of nitrogens with zero attached hydrogens (tertiary/aromatic N) is 4. The quantitative estimate of drug-likeness (QED) is 0.703. The Morgan fingerprint density at radius 3 is 2.81 bits per heavy atom. The second kappa shape index (κ2) is 8.39. The SMILES string of the molecule is CN(Cc1cc2ccccc2n1C)C(=O)/C=C/c1cnc(N)c(C#N)c1.Cl. The van der Waals surface area contributed by atoms with Gasteiger partial charge < -0.3 is 15.2 Å². The lowest BCUT2D eigenvalue weighted by molar-refractivity contribution is -0.125. The summed E-state index contributed by atoms with van der Waals surface area (Å²) in [6.07, 6.45) is 4.63. The van der Waals surface area contributed by atoms with E-state index in [0.29, 0.717) is 17.7 Å². The van der Waals surface area contributed by atoms with Crippen molar-refractivity contribution in [2.75, 3.05) is 12.8 Å². The molecule has 3 rings (SSSR count). The van der Waals surface area contributed by atoms with Crippen molar-refractivity contribution in [2.24, 2.45) is 7.05 Å². The number of amides is 1. The molecule has 0 unspecified atom stereocenters. The summed E-state index contributed by atoms with van der Waals surface area (Å²) in [5.74, 6) is 0.0504. The maximum absolute atomic E-state index is 12.4. The topological polar surface area (TPSA) is 87.9 Å². The summed E-state index contributed by atoms with van der Waals surface area (Å²) in [6.45, 7) is 0.498. The van der Waals surface area contributed by atoms with Crippen LogP contribution in [-0.4, -0.2) is 27.4 Å². The standard InChI is InChI=1S/C20H19N5O.ClH/c1-24(13-17-10-15-5-3-4-6-18(15)25(17)2)19(26)8-7-14-9-16(11-21)20(22)23-12-14;/h3-10,12H,13H2,1-2H3,(H2,22,23);1H/b8-7+;. The fourth-order valence-corrected chi connectivity index (χ4v) is 2.79. The van der Waals surface area contributed by atoms with Crippen molar-refractivity contribution in [1.29, 1.82) is 5.26 Å². The molecule has 0 radical (unpaired) electrons. The maximum atomic E-state index is 12.4. The molecule has 1 amide bonds. The molecule has 3 aromatic rings. The van der Waals surface area contributed by atoms with E-state index in [1.807, 2.05) is 25.2 Å². The van der Waals surface area contributed by atoms with Crippen LogP contribution in [0.1, 0.15) is 16.8 Å². The number of aromatic nitrogens is 2. The number of anilines is 1. The van der Waals surface area contributed by atoms with Gasteiger partial charge in [0.2, 0.25) is 5.91 Å². The number of likely N-dealkylation sites (N-methyl/N-ethyl adjacent to an activating group) is 1. The van der Waals surface area contributed by atoms with E-state index < -0.39 is 0 Å². The number of nitriles is 1. The molecule has 0 aliphatic heterocycles. The van der Waals surface area contributed by atoms with E-state index in [9.17, 15) is 4.79 Å². The second-order valence-corrected chi connectivity index (χ2v) is 6.09. The molecular formula is C20H20ClN5O. The van der Waals surface area contributed by atoms with Gasteiger partial charge in [-0.05, 0) is 35.2 Å². The van der Waals surface area contributed by atoms with E-state index in [2.05, 4.69) is 27.8 Å². The number of nitrogen functional groups attached to an aromatic ring is 1. The minimum atomic E-state index is -0.134. The van der Waals surface area contributed by atoms with Crippen molar-refractivity contribution in [1.82, 2.24) is 14.5 Å². The zero-order valence-corrected chi connectivity index (χ0v) is 15.9. The first-order valence-electron chi connectivity index (χ1n) is 8.11. The highest BCUT2D eigenvalue weighted by Crippen LogP contribution is 2.19. The lowest BCUT2D eigenvalue weighted by atomic mass is 10.2. The Balaban J connectivity index is 0.00000261. The van der Waals surface area contributed by atoms with Crippen LogP contribution in [-0.2, 0) is 18.4 Å². The lowest BCUT2D eigenvalue weighted by Gasteiger charge is -2.15. The zero-order chi connectivity index (χ0) is 18.7. The average molecular weight is 382 g/mol. The summed E-state index contributed by atoms with van der Waals surface area (Å²) >= 11 is 0. The average Bonchev–Trinajstić information content (AvgIpc) is 2.96. The van der Waals surface area contributed by atoms with Crippen molar-refractivity contribution in [2.45, 2.75) is 6.54 Å². The smallest absolute Gasteiger partial charge is 0.246 e. The van der Waals surface area contributed by atoms with Crippen molar-refractivity contribution in [3.63, 3.8) is 0 Å². The fourth-order valence-electron chi connectivity index (χ4n) is 2.79. The van der Waals surface area contributed by atoms with E-state index in [1.54, 1.807) is 24.1 Å². The van der Waals surface area contributed by atoms with E-state index in [0.717, 1.165) is 16.6 Å². The number of nitrogens with two attached hydrogens (primary N) is 1.